The molecular weight excluding hydrogens is 338 g/mol. The molecule has 7 heteroatoms. The Morgan fingerprint density at radius 1 is 0.962 bits per heavy atom. The third-order valence-electron chi connectivity index (χ3n) is 3.62. The number of hydrogen-bond acceptors (Lipinski definition) is 6. The number of methoxy groups -OCH3 is 3. The molecule has 1 N–H and O–H groups in total. The molecule has 2 rings (SSSR count). The number of benzene rings is 2. The first-order valence-corrected chi connectivity index (χ1v) is 7.86. The van der Waals surface area contributed by atoms with Gasteiger partial charge in [0.25, 0.3) is 5.91 Å². The third kappa shape index (κ3) is 4.89. The van der Waals surface area contributed by atoms with Gasteiger partial charge < -0.3 is 24.3 Å². The Morgan fingerprint density at radius 3 is 2.42 bits per heavy atom. The fourth-order valence-electron chi connectivity index (χ4n) is 2.26. The van der Waals surface area contributed by atoms with Gasteiger partial charge in [-0.25, -0.2) is 4.79 Å². The molecule has 0 fully saturated rings. The van der Waals surface area contributed by atoms with Gasteiger partial charge in [0.2, 0.25) is 0 Å². The van der Waals surface area contributed by atoms with Gasteiger partial charge in [-0.15, -0.1) is 0 Å². The number of hydrogen-bond donors (Lipinski definition) is 1. The van der Waals surface area contributed by atoms with Crippen LogP contribution in [0.1, 0.15) is 15.9 Å². The largest absolute Gasteiger partial charge is 0.497 e. The van der Waals surface area contributed by atoms with Crippen LogP contribution in [0.25, 0.3) is 0 Å². The minimum absolute atomic E-state index is 0.212. The molecule has 0 heterocycles. The summed E-state index contributed by atoms with van der Waals surface area (Å²) in [5, 5.41) is 2.74. The lowest BCUT2D eigenvalue weighted by Gasteiger charge is -2.13. The summed E-state index contributed by atoms with van der Waals surface area (Å²) in [5.41, 5.74) is 1.06. The molecule has 2 aromatic rings. The average Bonchev–Trinajstić information content (AvgIpc) is 2.69. The summed E-state index contributed by atoms with van der Waals surface area (Å²) in [6, 6.07) is 12.0. The first kappa shape index (κ1) is 19.1. The van der Waals surface area contributed by atoms with Crippen LogP contribution in [0.5, 0.6) is 17.2 Å². The van der Waals surface area contributed by atoms with E-state index in [1.807, 2.05) is 24.3 Å². The van der Waals surface area contributed by atoms with E-state index in [9.17, 15) is 9.59 Å². The van der Waals surface area contributed by atoms with E-state index in [1.165, 1.54) is 26.4 Å². The molecule has 0 atom stereocenters. The van der Waals surface area contributed by atoms with Gasteiger partial charge in [0.15, 0.2) is 6.61 Å². The maximum absolute atomic E-state index is 12.1. The number of esters is 1. The maximum Gasteiger partial charge on any atom is 0.341 e. The van der Waals surface area contributed by atoms with Gasteiger partial charge in [0.1, 0.15) is 22.8 Å². The zero-order chi connectivity index (χ0) is 18.9. The molecule has 26 heavy (non-hydrogen) atoms. The molecule has 0 unspecified atom stereocenters. The summed E-state index contributed by atoms with van der Waals surface area (Å²) >= 11 is 0. The van der Waals surface area contributed by atoms with Gasteiger partial charge in [-0.3, -0.25) is 4.79 Å². The normalized spacial score (nSPS) is 9.96. The summed E-state index contributed by atoms with van der Waals surface area (Å²) in [5.74, 6) is 0.506. The fraction of sp³-hybridized carbons (Fsp3) is 0.263. The van der Waals surface area contributed by atoms with Crippen molar-refractivity contribution in [3.8, 4) is 17.2 Å². The van der Waals surface area contributed by atoms with Crippen molar-refractivity contribution >= 4 is 11.9 Å². The molecule has 1 amide bonds. The van der Waals surface area contributed by atoms with Crippen LogP contribution < -0.4 is 19.5 Å². The quantitative estimate of drug-likeness (QED) is 0.728. The van der Waals surface area contributed by atoms with E-state index in [2.05, 4.69) is 5.32 Å². The standard InChI is InChI=1S/C19H21NO6/c1-23-14-8-9-15(19(22)25-3)17(10-14)26-12-18(21)20-11-13-6-4-5-7-16(13)24-2/h4-10H,11-12H2,1-3H3,(H,20,21). The molecule has 0 radical (unpaired) electrons. The van der Waals surface area contributed by atoms with Crippen LogP contribution >= 0.6 is 0 Å². The first-order chi connectivity index (χ1) is 12.6. The third-order valence-corrected chi connectivity index (χ3v) is 3.62. The zero-order valence-corrected chi connectivity index (χ0v) is 14.9. The Morgan fingerprint density at radius 2 is 1.73 bits per heavy atom. The van der Waals surface area contributed by atoms with Gasteiger partial charge in [0.05, 0.1) is 21.3 Å². The highest BCUT2D eigenvalue weighted by Gasteiger charge is 2.15. The van der Waals surface area contributed by atoms with E-state index in [-0.39, 0.29) is 23.8 Å². The van der Waals surface area contributed by atoms with Gasteiger partial charge in [0, 0.05) is 18.2 Å². The lowest BCUT2D eigenvalue weighted by atomic mass is 10.2. The lowest BCUT2D eigenvalue weighted by molar-refractivity contribution is -0.123. The van der Waals surface area contributed by atoms with Crippen LogP contribution in [0, 0.1) is 0 Å². The minimum atomic E-state index is -0.558. The summed E-state index contributed by atoms with van der Waals surface area (Å²) in [6.45, 7) is 0.0422. The van der Waals surface area contributed by atoms with Crippen LogP contribution in [0.4, 0.5) is 0 Å². The van der Waals surface area contributed by atoms with E-state index >= 15 is 0 Å². The topological polar surface area (TPSA) is 83.1 Å². The van der Waals surface area contributed by atoms with Crippen molar-refractivity contribution in [2.24, 2.45) is 0 Å². The Hall–Kier alpha value is -3.22. The van der Waals surface area contributed by atoms with Crippen molar-refractivity contribution in [2.45, 2.75) is 6.54 Å². The Bertz CT molecular complexity index is 774. The van der Waals surface area contributed by atoms with Crippen LogP contribution in [-0.4, -0.2) is 39.8 Å². The average molecular weight is 359 g/mol. The lowest BCUT2D eigenvalue weighted by Crippen LogP contribution is -2.28. The Kier molecular flexibility index (Phi) is 6.84. The highest BCUT2D eigenvalue weighted by Crippen LogP contribution is 2.25. The predicted octanol–water partition coefficient (Wildman–Crippen LogP) is 2.19. The smallest absolute Gasteiger partial charge is 0.341 e. The molecule has 0 spiro atoms. The van der Waals surface area contributed by atoms with Gasteiger partial charge in [-0.05, 0) is 18.2 Å². The number of rotatable bonds is 8. The van der Waals surface area contributed by atoms with Crippen LogP contribution in [0.3, 0.4) is 0 Å². The highest BCUT2D eigenvalue weighted by molar-refractivity contribution is 5.92. The van der Waals surface area contributed by atoms with E-state index in [0.29, 0.717) is 18.0 Å². The van der Waals surface area contributed by atoms with Crippen molar-refractivity contribution < 1.29 is 28.5 Å². The summed E-state index contributed by atoms with van der Waals surface area (Å²) in [7, 11) is 4.34. The number of carbonyl (C=O) groups is 2. The number of amides is 1. The molecule has 2 aromatic carbocycles. The zero-order valence-electron chi connectivity index (χ0n) is 14.9. The van der Waals surface area contributed by atoms with Crippen LogP contribution in [0.15, 0.2) is 42.5 Å². The molecule has 0 saturated carbocycles. The molecule has 0 aliphatic heterocycles. The second kappa shape index (κ2) is 9.31. The SMILES string of the molecule is COC(=O)c1ccc(OC)cc1OCC(=O)NCc1ccccc1OC. The van der Waals surface area contributed by atoms with Crippen LogP contribution in [-0.2, 0) is 16.1 Å². The molecule has 7 nitrogen and oxygen atoms in total. The van der Waals surface area contributed by atoms with Gasteiger partial charge in [-0.1, -0.05) is 18.2 Å². The predicted molar refractivity (Wildman–Crippen MR) is 94.7 cm³/mol. The molecule has 0 bridgehead atoms. The molecule has 0 aliphatic carbocycles. The number of carbonyl (C=O) groups excluding carboxylic acids is 2. The number of nitrogens with one attached hydrogen (secondary N) is 1. The summed E-state index contributed by atoms with van der Waals surface area (Å²) < 4.78 is 20.6. The van der Waals surface area contributed by atoms with Crippen molar-refractivity contribution in [3.05, 3.63) is 53.6 Å². The summed E-state index contributed by atoms with van der Waals surface area (Å²) in [6.07, 6.45) is 0. The second-order valence-corrected chi connectivity index (χ2v) is 5.23. The maximum atomic E-state index is 12.1. The minimum Gasteiger partial charge on any atom is -0.497 e. The van der Waals surface area contributed by atoms with Crippen molar-refractivity contribution in [1.29, 1.82) is 0 Å². The molecular formula is C19H21NO6. The van der Waals surface area contributed by atoms with E-state index < -0.39 is 5.97 Å². The van der Waals surface area contributed by atoms with Gasteiger partial charge >= 0.3 is 5.97 Å². The molecule has 0 aromatic heterocycles. The first-order valence-electron chi connectivity index (χ1n) is 7.86. The van der Waals surface area contributed by atoms with Crippen molar-refractivity contribution in [3.63, 3.8) is 0 Å². The Balaban J connectivity index is 1.99. The Labute approximate surface area is 151 Å². The van der Waals surface area contributed by atoms with Crippen molar-refractivity contribution in [2.75, 3.05) is 27.9 Å². The van der Waals surface area contributed by atoms with E-state index in [1.54, 1.807) is 13.2 Å². The molecule has 0 aliphatic rings. The second-order valence-electron chi connectivity index (χ2n) is 5.23. The molecule has 0 saturated heterocycles. The monoisotopic (exact) mass is 359 g/mol. The van der Waals surface area contributed by atoms with Crippen molar-refractivity contribution in [1.82, 2.24) is 5.32 Å². The van der Waals surface area contributed by atoms with E-state index in [0.717, 1.165) is 5.56 Å². The van der Waals surface area contributed by atoms with Gasteiger partial charge in [-0.2, -0.15) is 0 Å². The van der Waals surface area contributed by atoms with Crippen LogP contribution in [0.2, 0.25) is 0 Å². The summed E-state index contributed by atoms with van der Waals surface area (Å²) in [4.78, 5) is 23.9. The number of para-hydroxylation sites is 1. The van der Waals surface area contributed by atoms with E-state index in [4.69, 9.17) is 18.9 Å². The molecule has 138 valence electrons. The highest BCUT2D eigenvalue weighted by atomic mass is 16.5. The number of ether oxygens (including phenoxy) is 4. The fourth-order valence-corrected chi connectivity index (χ4v) is 2.26.